The zero-order chi connectivity index (χ0) is 13.4. The Bertz CT molecular complexity index is 431. The third-order valence-corrected chi connectivity index (χ3v) is 5.25. The lowest BCUT2D eigenvalue weighted by Gasteiger charge is -2.32. The lowest BCUT2D eigenvalue weighted by atomic mass is 9.80. The van der Waals surface area contributed by atoms with E-state index in [4.69, 9.17) is 0 Å². The maximum atomic E-state index is 3.78. The Morgan fingerprint density at radius 1 is 1.11 bits per heavy atom. The van der Waals surface area contributed by atoms with Crippen LogP contribution in [-0.2, 0) is 0 Å². The average molecular weight is 257 g/mol. The fourth-order valence-electron chi connectivity index (χ4n) is 4.63. The lowest BCUT2D eigenvalue weighted by molar-refractivity contribution is 0.253. The molecule has 0 saturated heterocycles. The van der Waals surface area contributed by atoms with Crippen molar-refractivity contribution in [3.8, 4) is 0 Å². The van der Waals surface area contributed by atoms with Gasteiger partial charge in [0.15, 0.2) is 0 Å². The van der Waals surface area contributed by atoms with Crippen LogP contribution in [0.5, 0.6) is 0 Å². The van der Waals surface area contributed by atoms with Gasteiger partial charge in [-0.3, -0.25) is 0 Å². The van der Waals surface area contributed by atoms with Gasteiger partial charge in [0.1, 0.15) is 0 Å². The largest absolute Gasteiger partial charge is 0.310 e. The topological polar surface area (TPSA) is 12.0 Å². The van der Waals surface area contributed by atoms with Gasteiger partial charge in [0, 0.05) is 6.04 Å². The minimum atomic E-state index is 0.582. The van der Waals surface area contributed by atoms with E-state index in [1.165, 1.54) is 42.4 Å². The van der Waals surface area contributed by atoms with Crippen LogP contribution in [0.1, 0.15) is 55.3 Å². The average Bonchev–Trinajstić information content (AvgIpc) is 2.96. The highest BCUT2D eigenvalue weighted by molar-refractivity contribution is 5.31. The quantitative estimate of drug-likeness (QED) is 0.843. The summed E-state index contributed by atoms with van der Waals surface area (Å²) < 4.78 is 0. The normalized spacial score (nSPS) is 30.8. The first-order chi connectivity index (χ1) is 9.17. The zero-order valence-corrected chi connectivity index (χ0v) is 12.6. The van der Waals surface area contributed by atoms with Crippen molar-refractivity contribution >= 4 is 0 Å². The number of benzene rings is 1. The molecule has 2 saturated carbocycles. The van der Waals surface area contributed by atoms with Gasteiger partial charge in [-0.1, -0.05) is 42.7 Å². The standard InChI is InChI=1S/C18H27N/c1-4-19-18(16-8-12(2)7-13(3)9-16)17-11-14-5-6-15(17)10-14/h7-9,14-15,17-19H,4-6,10-11H2,1-3H3. The molecule has 2 aliphatic rings. The molecule has 0 amide bonds. The predicted molar refractivity (Wildman–Crippen MR) is 81.3 cm³/mol. The van der Waals surface area contributed by atoms with Gasteiger partial charge in [0.2, 0.25) is 0 Å². The SMILES string of the molecule is CCNC(c1cc(C)cc(C)c1)C1CC2CCC1C2. The van der Waals surface area contributed by atoms with Crippen LogP contribution in [0.4, 0.5) is 0 Å². The zero-order valence-electron chi connectivity index (χ0n) is 12.6. The van der Waals surface area contributed by atoms with Crippen LogP contribution >= 0.6 is 0 Å². The molecule has 0 spiro atoms. The van der Waals surface area contributed by atoms with Crippen LogP contribution in [0.25, 0.3) is 0 Å². The molecule has 3 rings (SSSR count). The monoisotopic (exact) mass is 257 g/mol. The third-order valence-electron chi connectivity index (χ3n) is 5.25. The van der Waals surface area contributed by atoms with E-state index in [-0.39, 0.29) is 0 Å². The van der Waals surface area contributed by atoms with Crippen LogP contribution < -0.4 is 5.32 Å². The fourth-order valence-corrected chi connectivity index (χ4v) is 4.63. The molecule has 2 bridgehead atoms. The number of rotatable bonds is 4. The van der Waals surface area contributed by atoms with Crippen LogP contribution in [0.15, 0.2) is 18.2 Å². The van der Waals surface area contributed by atoms with Crippen molar-refractivity contribution in [2.24, 2.45) is 17.8 Å². The maximum Gasteiger partial charge on any atom is 0.0351 e. The smallest absolute Gasteiger partial charge is 0.0351 e. The fraction of sp³-hybridized carbons (Fsp3) is 0.667. The van der Waals surface area contributed by atoms with Crippen molar-refractivity contribution in [3.63, 3.8) is 0 Å². The van der Waals surface area contributed by atoms with E-state index in [1.807, 2.05) is 0 Å². The molecule has 1 aromatic rings. The van der Waals surface area contributed by atoms with Gasteiger partial charge in [0.25, 0.3) is 0 Å². The summed E-state index contributed by atoms with van der Waals surface area (Å²) in [6, 6.07) is 7.66. The molecular weight excluding hydrogens is 230 g/mol. The summed E-state index contributed by atoms with van der Waals surface area (Å²) in [4.78, 5) is 0. The number of hydrogen-bond donors (Lipinski definition) is 1. The van der Waals surface area contributed by atoms with Gasteiger partial charge in [-0.2, -0.15) is 0 Å². The lowest BCUT2D eigenvalue weighted by Crippen LogP contribution is -2.31. The van der Waals surface area contributed by atoms with Gasteiger partial charge >= 0.3 is 0 Å². The molecule has 0 heterocycles. The van der Waals surface area contributed by atoms with Crippen molar-refractivity contribution in [3.05, 3.63) is 34.9 Å². The molecule has 0 radical (unpaired) electrons. The number of aryl methyl sites for hydroxylation is 2. The third kappa shape index (κ3) is 2.58. The number of fused-ring (bicyclic) bond motifs is 2. The Kier molecular flexibility index (Phi) is 3.66. The summed E-state index contributed by atoms with van der Waals surface area (Å²) in [7, 11) is 0. The van der Waals surface area contributed by atoms with Crippen LogP contribution in [0.2, 0.25) is 0 Å². The van der Waals surface area contributed by atoms with E-state index in [1.54, 1.807) is 0 Å². The molecule has 2 aliphatic carbocycles. The Labute approximate surface area is 117 Å². The molecule has 2 fully saturated rings. The second-order valence-electron chi connectivity index (χ2n) is 6.80. The Balaban J connectivity index is 1.87. The van der Waals surface area contributed by atoms with Crippen LogP contribution in [0, 0.1) is 31.6 Å². The van der Waals surface area contributed by atoms with E-state index >= 15 is 0 Å². The Morgan fingerprint density at radius 2 is 1.84 bits per heavy atom. The van der Waals surface area contributed by atoms with E-state index in [9.17, 15) is 0 Å². The molecule has 4 atom stereocenters. The van der Waals surface area contributed by atoms with Gasteiger partial charge in [-0.05, 0) is 63.0 Å². The minimum absolute atomic E-state index is 0.582. The maximum absolute atomic E-state index is 3.78. The highest BCUT2D eigenvalue weighted by Gasteiger charge is 2.43. The Hall–Kier alpha value is -0.820. The van der Waals surface area contributed by atoms with Gasteiger partial charge < -0.3 is 5.32 Å². The predicted octanol–water partition coefficient (Wildman–Crippen LogP) is 4.39. The number of hydrogen-bond acceptors (Lipinski definition) is 1. The summed E-state index contributed by atoms with van der Waals surface area (Å²) >= 11 is 0. The van der Waals surface area contributed by atoms with Crippen LogP contribution in [0.3, 0.4) is 0 Å². The summed E-state index contributed by atoms with van der Waals surface area (Å²) in [5.41, 5.74) is 4.33. The summed E-state index contributed by atoms with van der Waals surface area (Å²) in [6.45, 7) is 7.76. The molecule has 19 heavy (non-hydrogen) atoms. The molecule has 1 heteroatoms. The highest BCUT2D eigenvalue weighted by Crippen LogP contribution is 2.52. The first-order valence-corrected chi connectivity index (χ1v) is 7.99. The van der Waals surface area contributed by atoms with Crippen molar-refractivity contribution in [1.29, 1.82) is 0 Å². The summed E-state index contributed by atoms with van der Waals surface area (Å²) in [6.07, 6.45) is 5.92. The Morgan fingerprint density at radius 3 is 2.37 bits per heavy atom. The summed E-state index contributed by atoms with van der Waals surface area (Å²) in [5, 5.41) is 3.78. The second kappa shape index (κ2) is 5.28. The second-order valence-corrected chi connectivity index (χ2v) is 6.80. The molecule has 4 unspecified atom stereocenters. The van der Waals surface area contributed by atoms with E-state index < -0.39 is 0 Å². The van der Waals surface area contributed by atoms with Gasteiger partial charge in [-0.25, -0.2) is 0 Å². The molecule has 1 nitrogen and oxygen atoms in total. The minimum Gasteiger partial charge on any atom is -0.310 e. The molecule has 104 valence electrons. The van der Waals surface area contributed by atoms with E-state index in [0.717, 1.165) is 24.3 Å². The van der Waals surface area contributed by atoms with E-state index in [2.05, 4.69) is 44.3 Å². The summed E-state index contributed by atoms with van der Waals surface area (Å²) in [5.74, 6) is 2.89. The molecule has 1 N–H and O–H groups in total. The van der Waals surface area contributed by atoms with Crippen molar-refractivity contribution in [1.82, 2.24) is 5.32 Å². The van der Waals surface area contributed by atoms with Crippen molar-refractivity contribution in [2.75, 3.05) is 6.54 Å². The first kappa shape index (κ1) is 13.2. The molecule has 0 aromatic heterocycles. The van der Waals surface area contributed by atoms with Gasteiger partial charge in [-0.15, -0.1) is 0 Å². The van der Waals surface area contributed by atoms with Gasteiger partial charge in [0.05, 0.1) is 0 Å². The van der Waals surface area contributed by atoms with E-state index in [0.29, 0.717) is 6.04 Å². The van der Waals surface area contributed by atoms with Crippen molar-refractivity contribution in [2.45, 2.75) is 52.5 Å². The first-order valence-electron chi connectivity index (χ1n) is 7.99. The highest BCUT2D eigenvalue weighted by atomic mass is 14.9. The van der Waals surface area contributed by atoms with Crippen LogP contribution in [-0.4, -0.2) is 6.54 Å². The molecule has 1 aromatic carbocycles. The van der Waals surface area contributed by atoms with Crippen molar-refractivity contribution < 1.29 is 0 Å². The molecule has 0 aliphatic heterocycles. The number of nitrogens with one attached hydrogen (secondary N) is 1. The molecular formula is C18H27N.